The van der Waals surface area contributed by atoms with Crippen LogP contribution in [0.4, 0.5) is 0 Å². The minimum atomic E-state index is -0.813. The van der Waals surface area contributed by atoms with E-state index in [-0.39, 0.29) is 30.0 Å². The first-order chi connectivity index (χ1) is 11.2. The molecule has 2 aliphatic rings. The monoisotopic (exact) mass is 336 g/mol. The summed E-state index contributed by atoms with van der Waals surface area (Å²) in [5.74, 6) is 0.212. The van der Waals surface area contributed by atoms with E-state index in [0.29, 0.717) is 17.9 Å². The van der Waals surface area contributed by atoms with Crippen LogP contribution in [-0.4, -0.2) is 35.5 Å². The van der Waals surface area contributed by atoms with E-state index in [1.807, 2.05) is 6.08 Å². The fraction of sp³-hybridized carbons (Fsp3) is 0.750. The van der Waals surface area contributed by atoms with Gasteiger partial charge in [-0.2, -0.15) is 0 Å². The van der Waals surface area contributed by atoms with Crippen molar-refractivity contribution in [3.8, 4) is 0 Å². The van der Waals surface area contributed by atoms with Gasteiger partial charge in [0.05, 0.1) is 5.57 Å². The summed E-state index contributed by atoms with van der Waals surface area (Å²) in [6.07, 6.45) is 4.69. The molecule has 0 amide bonds. The zero-order valence-corrected chi connectivity index (χ0v) is 15.5. The Morgan fingerprint density at radius 3 is 2.62 bits per heavy atom. The van der Waals surface area contributed by atoms with E-state index >= 15 is 0 Å². The Balaban J connectivity index is 2.30. The lowest BCUT2D eigenvalue weighted by Crippen LogP contribution is -2.47. The number of hydrogen-bond donors (Lipinski definition) is 2. The van der Waals surface area contributed by atoms with Gasteiger partial charge in [0, 0.05) is 6.61 Å². The lowest BCUT2D eigenvalue weighted by molar-refractivity contribution is -0.135. The second kappa shape index (κ2) is 7.01. The molecular weight excluding hydrogens is 304 g/mol. The maximum atomic E-state index is 11.7. The molecule has 136 valence electrons. The van der Waals surface area contributed by atoms with Crippen molar-refractivity contribution in [2.75, 3.05) is 13.2 Å². The smallest absolute Gasteiger partial charge is 0.336 e. The van der Waals surface area contributed by atoms with Crippen molar-refractivity contribution in [3.05, 3.63) is 23.8 Å². The van der Waals surface area contributed by atoms with Crippen molar-refractivity contribution in [1.29, 1.82) is 0 Å². The summed E-state index contributed by atoms with van der Waals surface area (Å²) in [6, 6.07) is 0. The van der Waals surface area contributed by atoms with Crippen molar-refractivity contribution in [2.45, 2.75) is 59.5 Å². The van der Waals surface area contributed by atoms with Gasteiger partial charge in [-0.3, -0.25) is 0 Å². The van der Waals surface area contributed by atoms with Crippen LogP contribution >= 0.6 is 0 Å². The standard InChI is InChI=1S/C20H32O4/c1-6-20(5)15(9-8-14-16(22)11-24-18(14)23)13(2)7-10-17(20)19(3,4)12-21/h8,15-17,21-22H,2,6-7,9-12H2,1,3-5H3/b14-8+/t15?,16?,17-,20-/m0/s1. The number of esters is 1. The van der Waals surface area contributed by atoms with Crippen LogP contribution in [0.2, 0.25) is 0 Å². The van der Waals surface area contributed by atoms with E-state index in [9.17, 15) is 15.0 Å². The van der Waals surface area contributed by atoms with Crippen LogP contribution in [0, 0.1) is 22.7 Å². The molecule has 4 atom stereocenters. The molecule has 4 heteroatoms. The quantitative estimate of drug-likeness (QED) is 0.459. The summed E-state index contributed by atoms with van der Waals surface area (Å²) in [5.41, 5.74) is 1.45. The molecule has 2 N–H and O–H groups in total. The van der Waals surface area contributed by atoms with Crippen molar-refractivity contribution in [3.63, 3.8) is 0 Å². The van der Waals surface area contributed by atoms with Crippen LogP contribution in [0.1, 0.15) is 53.4 Å². The molecule has 2 unspecified atom stereocenters. The number of cyclic esters (lactones) is 1. The second-order valence-electron chi connectivity index (χ2n) is 8.32. The molecule has 0 spiro atoms. The van der Waals surface area contributed by atoms with Crippen LogP contribution in [0.3, 0.4) is 0 Å². The summed E-state index contributed by atoms with van der Waals surface area (Å²) in [6.45, 7) is 13.3. The molecule has 0 aromatic heterocycles. The third-order valence-corrected chi connectivity index (χ3v) is 6.49. The summed E-state index contributed by atoms with van der Waals surface area (Å²) < 4.78 is 4.90. The number of hydrogen-bond acceptors (Lipinski definition) is 4. The van der Waals surface area contributed by atoms with E-state index in [0.717, 1.165) is 19.3 Å². The number of rotatable bonds is 5. The van der Waals surface area contributed by atoms with Gasteiger partial charge in [0.15, 0.2) is 0 Å². The topological polar surface area (TPSA) is 66.8 Å². The molecule has 2 fully saturated rings. The van der Waals surface area contributed by atoms with Gasteiger partial charge in [0.25, 0.3) is 0 Å². The highest BCUT2D eigenvalue weighted by Gasteiger charge is 2.49. The first-order valence-corrected chi connectivity index (χ1v) is 9.01. The number of aliphatic hydroxyl groups is 2. The minimum Gasteiger partial charge on any atom is -0.459 e. The Labute approximate surface area is 145 Å². The third-order valence-electron chi connectivity index (χ3n) is 6.49. The predicted octanol–water partition coefficient (Wildman–Crippen LogP) is 3.24. The molecule has 1 saturated heterocycles. The summed E-state index contributed by atoms with van der Waals surface area (Å²) in [4.78, 5) is 11.7. The van der Waals surface area contributed by atoms with Crippen molar-refractivity contribution >= 4 is 5.97 Å². The van der Waals surface area contributed by atoms with Crippen LogP contribution in [0.5, 0.6) is 0 Å². The Kier molecular flexibility index (Phi) is 5.61. The molecule has 1 saturated carbocycles. The fourth-order valence-electron chi connectivity index (χ4n) is 4.79. The zero-order valence-electron chi connectivity index (χ0n) is 15.5. The van der Waals surface area contributed by atoms with Crippen LogP contribution in [0.15, 0.2) is 23.8 Å². The van der Waals surface area contributed by atoms with Gasteiger partial charge in [-0.15, -0.1) is 0 Å². The summed E-state index contributed by atoms with van der Waals surface area (Å²) >= 11 is 0. The van der Waals surface area contributed by atoms with Gasteiger partial charge in [0.2, 0.25) is 0 Å². The molecule has 0 bridgehead atoms. The first-order valence-electron chi connectivity index (χ1n) is 9.01. The Bertz CT molecular complexity index is 534. The Hall–Kier alpha value is -1.13. The minimum absolute atomic E-state index is 0.00604. The Morgan fingerprint density at radius 2 is 2.12 bits per heavy atom. The van der Waals surface area contributed by atoms with Crippen molar-refractivity contribution in [2.24, 2.45) is 22.7 Å². The third kappa shape index (κ3) is 3.31. The van der Waals surface area contributed by atoms with E-state index in [1.54, 1.807) is 0 Å². The number of carbonyl (C=O) groups is 1. The average molecular weight is 336 g/mol. The molecule has 4 nitrogen and oxygen atoms in total. The zero-order chi connectivity index (χ0) is 18.1. The van der Waals surface area contributed by atoms with Crippen molar-refractivity contribution < 1.29 is 19.7 Å². The highest BCUT2D eigenvalue weighted by atomic mass is 16.6. The summed E-state index contributed by atoms with van der Waals surface area (Å²) in [7, 11) is 0. The molecular formula is C20H32O4. The normalized spacial score (nSPS) is 36.2. The average Bonchev–Trinajstić information content (AvgIpc) is 2.85. The van der Waals surface area contributed by atoms with Gasteiger partial charge in [0.1, 0.15) is 12.7 Å². The number of allylic oxidation sites excluding steroid dienone is 2. The highest BCUT2D eigenvalue weighted by molar-refractivity contribution is 5.91. The largest absolute Gasteiger partial charge is 0.459 e. The number of carbonyl (C=O) groups excluding carboxylic acids is 1. The molecule has 2 rings (SSSR count). The lowest BCUT2D eigenvalue weighted by atomic mass is 9.51. The van der Waals surface area contributed by atoms with Gasteiger partial charge in [-0.05, 0) is 48.3 Å². The SMILES string of the molecule is C=C1CC[C@@H](C(C)(C)CO)[C@@](C)(CC)C1C/C=C1/C(=O)OCC1O. The first kappa shape index (κ1) is 19.2. The molecule has 0 aromatic rings. The van der Waals surface area contributed by atoms with E-state index in [2.05, 4.69) is 34.3 Å². The summed E-state index contributed by atoms with van der Waals surface area (Å²) in [5, 5.41) is 19.8. The maximum Gasteiger partial charge on any atom is 0.336 e. The van der Waals surface area contributed by atoms with E-state index < -0.39 is 12.1 Å². The van der Waals surface area contributed by atoms with Crippen LogP contribution in [0.25, 0.3) is 0 Å². The molecule has 1 aliphatic carbocycles. The lowest BCUT2D eigenvalue weighted by Gasteiger charge is -2.54. The van der Waals surface area contributed by atoms with E-state index in [1.165, 1.54) is 5.57 Å². The van der Waals surface area contributed by atoms with Crippen LogP contribution in [-0.2, 0) is 9.53 Å². The molecule has 0 radical (unpaired) electrons. The van der Waals surface area contributed by atoms with Gasteiger partial charge < -0.3 is 14.9 Å². The highest BCUT2D eigenvalue weighted by Crippen LogP contribution is 2.56. The van der Waals surface area contributed by atoms with Gasteiger partial charge in [-0.25, -0.2) is 4.79 Å². The van der Waals surface area contributed by atoms with Gasteiger partial charge in [-0.1, -0.05) is 45.9 Å². The Morgan fingerprint density at radius 1 is 1.46 bits per heavy atom. The maximum absolute atomic E-state index is 11.7. The molecule has 0 aromatic carbocycles. The molecule has 24 heavy (non-hydrogen) atoms. The predicted molar refractivity (Wildman–Crippen MR) is 94.3 cm³/mol. The van der Waals surface area contributed by atoms with Crippen LogP contribution < -0.4 is 0 Å². The number of aliphatic hydroxyl groups excluding tert-OH is 2. The molecule has 1 heterocycles. The number of ether oxygens (including phenoxy) is 1. The van der Waals surface area contributed by atoms with E-state index in [4.69, 9.17) is 4.74 Å². The van der Waals surface area contributed by atoms with Gasteiger partial charge >= 0.3 is 5.97 Å². The molecule has 1 aliphatic heterocycles. The fourth-order valence-corrected chi connectivity index (χ4v) is 4.79. The second-order valence-corrected chi connectivity index (χ2v) is 8.32. The van der Waals surface area contributed by atoms with Crippen molar-refractivity contribution in [1.82, 2.24) is 0 Å².